The van der Waals surface area contributed by atoms with Gasteiger partial charge < -0.3 is 5.73 Å². The molecule has 1 aliphatic rings. The van der Waals surface area contributed by atoms with Crippen molar-refractivity contribution in [2.75, 3.05) is 0 Å². The van der Waals surface area contributed by atoms with E-state index in [1.807, 2.05) is 18.2 Å². The van der Waals surface area contributed by atoms with Crippen molar-refractivity contribution in [3.63, 3.8) is 0 Å². The van der Waals surface area contributed by atoms with E-state index >= 15 is 0 Å². The van der Waals surface area contributed by atoms with E-state index in [0.717, 1.165) is 29.6 Å². The molecule has 0 saturated heterocycles. The Morgan fingerprint density at radius 3 is 2.87 bits per heavy atom. The van der Waals surface area contributed by atoms with E-state index in [1.165, 1.54) is 0 Å². The van der Waals surface area contributed by atoms with Crippen molar-refractivity contribution in [2.45, 2.75) is 18.4 Å². The van der Waals surface area contributed by atoms with Crippen LogP contribution in [0.1, 0.15) is 18.7 Å². The van der Waals surface area contributed by atoms with Gasteiger partial charge in [-0.05, 0) is 31.0 Å². The normalized spacial score (nSPS) is 18.0. The Balaban J connectivity index is 2.20. The van der Waals surface area contributed by atoms with E-state index in [-0.39, 0.29) is 5.54 Å². The second-order valence-electron chi connectivity index (χ2n) is 4.05. The first-order valence-electron chi connectivity index (χ1n) is 4.89. The molecular weight excluding hydrogens is 210 g/mol. The molecule has 1 saturated carbocycles. The standard InChI is InChI=1S/C11H10ClN3/c12-8-2-1-7-6-14-10(11(13)3-4-11)15-9(7)5-8/h1-2,5-6H,3-4,13H2. The number of fused-ring (bicyclic) bond motifs is 1. The van der Waals surface area contributed by atoms with Gasteiger partial charge in [0.1, 0.15) is 5.82 Å². The fourth-order valence-corrected chi connectivity index (χ4v) is 1.76. The number of nitrogens with two attached hydrogens (primary N) is 1. The van der Waals surface area contributed by atoms with Gasteiger partial charge in [0.2, 0.25) is 0 Å². The van der Waals surface area contributed by atoms with Crippen LogP contribution < -0.4 is 5.73 Å². The summed E-state index contributed by atoms with van der Waals surface area (Å²) in [5.41, 5.74) is 6.62. The Hall–Kier alpha value is -1.19. The number of aromatic nitrogens is 2. The summed E-state index contributed by atoms with van der Waals surface area (Å²) in [4.78, 5) is 8.74. The highest BCUT2D eigenvalue weighted by molar-refractivity contribution is 6.31. The molecule has 1 fully saturated rings. The van der Waals surface area contributed by atoms with Crippen LogP contribution in [-0.4, -0.2) is 9.97 Å². The first-order chi connectivity index (χ1) is 7.17. The molecule has 3 nitrogen and oxygen atoms in total. The molecular formula is C11H10ClN3. The van der Waals surface area contributed by atoms with E-state index in [0.29, 0.717) is 5.02 Å². The molecule has 2 aromatic rings. The number of hydrogen-bond donors (Lipinski definition) is 1. The number of halogens is 1. The van der Waals surface area contributed by atoms with Crippen LogP contribution in [0.2, 0.25) is 5.02 Å². The van der Waals surface area contributed by atoms with E-state index in [4.69, 9.17) is 17.3 Å². The van der Waals surface area contributed by atoms with Crippen molar-refractivity contribution in [1.29, 1.82) is 0 Å². The largest absolute Gasteiger partial charge is 0.319 e. The Labute approximate surface area is 92.3 Å². The minimum Gasteiger partial charge on any atom is -0.319 e. The molecule has 1 heterocycles. The molecule has 0 spiro atoms. The summed E-state index contributed by atoms with van der Waals surface area (Å²) < 4.78 is 0. The molecule has 0 atom stereocenters. The van der Waals surface area contributed by atoms with Gasteiger partial charge in [0, 0.05) is 16.6 Å². The predicted molar refractivity (Wildman–Crippen MR) is 59.6 cm³/mol. The zero-order chi connectivity index (χ0) is 10.5. The summed E-state index contributed by atoms with van der Waals surface area (Å²) in [5, 5.41) is 1.68. The topological polar surface area (TPSA) is 51.8 Å². The third-order valence-corrected chi connectivity index (χ3v) is 3.01. The van der Waals surface area contributed by atoms with Gasteiger partial charge in [0.05, 0.1) is 11.1 Å². The number of hydrogen-bond acceptors (Lipinski definition) is 3. The maximum Gasteiger partial charge on any atom is 0.148 e. The lowest BCUT2D eigenvalue weighted by molar-refractivity contribution is 0.677. The molecule has 1 aromatic carbocycles. The van der Waals surface area contributed by atoms with E-state index in [2.05, 4.69) is 9.97 Å². The summed E-state index contributed by atoms with van der Waals surface area (Å²) >= 11 is 5.91. The lowest BCUT2D eigenvalue weighted by atomic mass is 10.2. The summed E-state index contributed by atoms with van der Waals surface area (Å²) in [6, 6.07) is 5.59. The minimum absolute atomic E-state index is 0.281. The maximum atomic E-state index is 6.04. The van der Waals surface area contributed by atoms with Gasteiger partial charge in [-0.3, -0.25) is 0 Å². The van der Waals surface area contributed by atoms with E-state index in [1.54, 1.807) is 6.20 Å². The number of rotatable bonds is 1. The van der Waals surface area contributed by atoms with Crippen molar-refractivity contribution in [3.05, 3.63) is 35.2 Å². The van der Waals surface area contributed by atoms with Crippen molar-refractivity contribution >= 4 is 22.5 Å². The third kappa shape index (κ3) is 1.48. The highest BCUT2D eigenvalue weighted by Gasteiger charge is 2.43. The molecule has 76 valence electrons. The van der Waals surface area contributed by atoms with Crippen LogP contribution in [0.4, 0.5) is 0 Å². The zero-order valence-corrected chi connectivity index (χ0v) is 8.83. The smallest absolute Gasteiger partial charge is 0.148 e. The average molecular weight is 220 g/mol. The SMILES string of the molecule is NC1(c2ncc3ccc(Cl)cc3n2)CC1. The van der Waals surface area contributed by atoms with Gasteiger partial charge in [0.15, 0.2) is 0 Å². The van der Waals surface area contributed by atoms with Crippen molar-refractivity contribution < 1.29 is 0 Å². The zero-order valence-electron chi connectivity index (χ0n) is 8.07. The molecule has 0 unspecified atom stereocenters. The number of nitrogens with zero attached hydrogens (tertiary/aromatic N) is 2. The molecule has 15 heavy (non-hydrogen) atoms. The second kappa shape index (κ2) is 2.90. The lowest BCUT2D eigenvalue weighted by Gasteiger charge is -2.07. The van der Waals surface area contributed by atoms with Crippen LogP contribution in [0.3, 0.4) is 0 Å². The fourth-order valence-electron chi connectivity index (χ4n) is 1.59. The van der Waals surface area contributed by atoms with Gasteiger partial charge in [-0.2, -0.15) is 0 Å². The number of benzene rings is 1. The highest BCUT2D eigenvalue weighted by Crippen LogP contribution is 2.40. The molecule has 1 aromatic heterocycles. The summed E-state index contributed by atoms with van der Waals surface area (Å²) in [6.07, 6.45) is 3.75. The average Bonchev–Trinajstić information content (AvgIpc) is 2.97. The monoisotopic (exact) mass is 219 g/mol. The van der Waals surface area contributed by atoms with Gasteiger partial charge in [-0.1, -0.05) is 11.6 Å². The fraction of sp³-hybridized carbons (Fsp3) is 0.273. The predicted octanol–water partition coefficient (Wildman–Crippen LogP) is 2.23. The first-order valence-corrected chi connectivity index (χ1v) is 5.27. The van der Waals surface area contributed by atoms with Gasteiger partial charge in [0.25, 0.3) is 0 Å². The minimum atomic E-state index is -0.281. The highest BCUT2D eigenvalue weighted by atomic mass is 35.5. The van der Waals surface area contributed by atoms with Gasteiger partial charge in [-0.25, -0.2) is 9.97 Å². The molecule has 3 rings (SSSR count). The first kappa shape index (κ1) is 9.07. The molecule has 4 heteroatoms. The molecule has 0 bridgehead atoms. The Kier molecular flexibility index (Phi) is 1.75. The molecule has 1 aliphatic carbocycles. The Bertz CT molecular complexity index is 534. The third-order valence-electron chi connectivity index (χ3n) is 2.78. The summed E-state index contributed by atoms with van der Waals surface area (Å²) in [7, 11) is 0. The Morgan fingerprint density at radius 1 is 1.33 bits per heavy atom. The second-order valence-corrected chi connectivity index (χ2v) is 4.49. The van der Waals surface area contributed by atoms with Crippen molar-refractivity contribution in [2.24, 2.45) is 5.73 Å². The van der Waals surface area contributed by atoms with Gasteiger partial charge in [-0.15, -0.1) is 0 Å². The van der Waals surface area contributed by atoms with Crippen molar-refractivity contribution in [3.8, 4) is 0 Å². The van der Waals surface area contributed by atoms with Gasteiger partial charge >= 0.3 is 0 Å². The molecule has 0 aliphatic heterocycles. The van der Waals surface area contributed by atoms with Crippen LogP contribution >= 0.6 is 11.6 Å². The van der Waals surface area contributed by atoms with Crippen LogP contribution in [0.5, 0.6) is 0 Å². The van der Waals surface area contributed by atoms with Crippen LogP contribution in [-0.2, 0) is 5.54 Å². The molecule has 2 N–H and O–H groups in total. The van der Waals surface area contributed by atoms with Crippen LogP contribution in [0.15, 0.2) is 24.4 Å². The molecule has 0 amide bonds. The van der Waals surface area contributed by atoms with E-state index < -0.39 is 0 Å². The quantitative estimate of drug-likeness (QED) is 0.800. The summed E-state index contributed by atoms with van der Waals surface area (Å²) in [6.45, 7) is 0. The van der Waals surface area contributed by atoms with E-state index in [9.17, 15) is 0 Å². The Morgan fingerprint density at radius 2 is 2.13 bits per heavy atom. The summed E-state index contributed by atoms with van der Waals surface area (Å²) in [5.74, 6) is 0.734. The van der Waals surface area contributed by atoms with Crippen LogP contribution in [0, 0.1) is 0 Å². The van der Waals surface area contributed by atoms with Crippen molar-refractivity contribution in [1.82, 2.24) is 9.97 Å². The molecule has 0 radical (unpaired) electrons. The lowest BCUT2D eigenvalue weighted by Crippen LogP contribution is -2.21. The maximum absolute atomic E-state index is 6.04. The van der Waals surface area contributed by atoms with Crippen LogP contribution in [0.25, 0.3) is 10.9 Å².